The molecule has 2 N–H and O–H groups in total. The van der Waals surface area contributed by atoms with Gasteiger partial charge in [-0.1, -0.05) is 11.6 Å². The molecule has 0 aliphatic rings. The van der Waals surface area contributed by atoms with Gasteiger partial charge in [-0.3, -0.25) is 0 Å². The fraction of sp³-hybridized carbons (Fsp3) is 0.167. The molecule has 9 heteroatoms. The first-order chi connectivity index (χ1) is 6.73. The summed E-state index contributed by atoms with van der Waals surface area (Å²) in [5.74, 6) is 0. The van der Waals surface area contributed by atoms with Crippen molar-refractivity contribution in [1.29, 1.82) is 0 Å². The molecule has 0 bridgehead atoms. The Bertz CT molecular complexity index is 494. The third kappa shape index (κ3) is 2.83. The summed E-state index contributed by atoms with van der Waals surface area (Å²) in [6, 6.07) is 1.01. The van der Waals surface area contributed by atoms with E-state index >= 15 is 0 Å². The number of primary sulfonamides is 1. The van der Waals surface area contributed by atoms with Gasteiger partial charge in [-0.05, 0) is 22.0 Å². The summed E-state index contributed by atoms with van der Waals surface area (Å²) < 4.78 is 46.5. The van der Waals surface area contributed by atoms with Crippen LogP contribution in [0.5, 0.6) is 0 Å². The van der Waals surface area contributed by atoms with Crippen molar-refractivity contribution in [3.63, 3.8) is 0 Å². The Hall–Kier alpha value is -0.310. The minimum Gasteiger partial charge on any atom is -0.231 e. The average molecular weight is 322 g/mol. The van der Waals surface area contributed by atoms with Crippen molar-refractivity contribution in [3.05, 3.63) is 21.3 Å². The van der Waals surface area contributed by atoms with Gasteiger partial charge in [0.25, 0.3) is 16.4 Å². The number of nitrogens with two attached hydrogens (primary N) is 1. The van der Waals surface area contributed by atoms with Crippen LogP contribution in [0.15, 0.2) is 15.6 Å². The van der Waals surface area contributed by atoms with E-state index in [1.807, 2.05) is 0 Å². The van der Waals surface area contributed by atoms with E-state index in [1.165, 1.54) is 0 Å². The topological polar surface area (TPSA) is 73.1 Å². The molecule has 15 heavy (non-hydrogen) atoms. The van der Waals surface area contributed by atoms with Crippen LogP contribution in [-0.4, -0.2) is 13.4 Å². The Labute approximate surface area is 97.6 Å². The molecule has 0 amide bonds. The molecule has 1 heterocycles. The third-order valence-corrected chi connectivity index (χ3v) is 3.42. The van der Waals surface area contributed by atoms with Gasteiger partial charge in [0.05, 0.1) is 9.50 Å². The lowest BCUT2D eigenvalue weighted by Crippen LogP contribution is -2.16. The number of hydrogen-bond acceptors (Lipinski definition) is 3. The highest BCUT2D eigenvalue weighted by Crippen LogP contribution is 2.30. The normalized spacial score (nSPS) is 12.1. The summed E-state index contributed by atoms with van der Waals surface area (Å²) in [5, 5.41) is 3.77. The van der Waals surface area contributed by atoms with Crippen molar-refractivity contribution >= 4 is 37.6 Å². The molecular weight excluding hydrogens is 317 g/mol. The Morgan fingerprint density at radius 1 is 1.53 bits per heavy atom. The van der Waals surface area contributed by atoms with E-state index in [0.29, 0.717) is 0 Å². The monoisotopic (exact) mass is 320 g/mol. The first-order valence-electron chi connectivity index (χ1n) is 3.40. The van der Waals surface area contributed by atoms with Crippen molar-refractivity contribution in [1.82, 2.24) is 4.98 Å². The second-order valence-electron chi connectivity index (χ2n) is 2.49. The molecule has 0 saturated heterocycles. The first kappa shape index (κ1) is 12.8. The summed E-state index contributed by atoms with van der Waals surface area (Å²) in [5.41, 5.74) is -0.816. The van der Waals surface area contributed by atoms with E-state index in [4.69, 9.17) is 16.7 Å². The molecule has 1 aromatic rings. The summed E-state index contributed by atoms with van der Waals surface area (Å²) in [6.07, 6.45) is -2.97. The average Bonchev–Trinajstić information content (AvgIpc) is 2.00. The molecule has 0 saturated carbocycles. The van der Waals surface area contributed by atoms with Crippen LogP contribution in [0.4, 0.5) is 8.78 Å². The van der Waals surface area contributed by atoms with Crippen LogP contribution in [0.1, 0.15) is 12.1 Å². The summed E-state index contributed by atoms with van der Waals surface area (Å²) >= 11 is 8.25. The highest BCUT2D eigenvalue weighted by atomic mass is 79.9. The van der Waals surface area contributed by atoms with Gasteiger partial charge in [0.2, 0.25) is 0 Å². The van der Waals surface area contributed by atoms with Crippen LogP contribution >= 0.6 is 27.5 Å². The van der Waals surface area contributed by atoms with Gasteiger partial charge in [-0.2, -0.15) is 0 Å². The van der Waals surface area contributed by atoms with E-state index in [1.54, 1.807) is 0 Å². The fourth-order valence-electron chi connectivity index (χ4n) is 0.816. The predicted molar refractivity (Wildman–Crippen MR) is 53.3 cm³/mol. The van der Waals surface area contributed by atoms with E-state index in [-0.39, 0.29) is 9.50 Å². The van der Waals surface area contributed by atoms with Crippen molar-refractivity contribution in [2.24, 2.45) is 5.14 Å². The maximum Gasteiger partial charge on any atom is 0.281 e. The standard InChI is InChI=1S/C6H4BrClF2N2O2S/c7-2-1-3(8)4(5(9)10)12-6(2)15(11,13)14/h1,5H,(H2,11,13,14). The van der Waals surface area contributed by atoms with Crippen molar-refractivity contribution in [2.75, 3.05) is 0 Å². The largest absolute Gasteiger partial charge is 0.281 e. The van der Waals surface area contributed by atoms with Crippen molar-refractivity contribution in [3.8, 4) is 0 Å². The summed E-state index contributed by atoms with van der Waals surface area (Å²) in [7, 11) is -4.16. The zero-order chi connectivity index (χ0) is 11.8. The number of halogens is 4. The lowest BCUT2D eigenvalue weighted by atomic mass is 10.3. The molecule has 1 rings (SSSR count). The maximum absolute atomic E-state index is 12.3. The highest BCUT2D eigenvalue weighted by Gasteiger charge is 2.22. The van der Waals surface area contributed by atoms with Crippen LogP contribution in [0.25, 0.3) is 0 Å². The van der Waals surface area contributed by atoms with Gasteiger partial charge in [-0.25, -0.2) is 27.3 Å². The highest BCUT2D eigenvalue weighted by molar-refractivity contribution is 9.10. The van der Waals surface area contributed by atoms with Crippen LogP contribution in [-0.2, 0) is 10.0 Å². The molecule has 84 valence electrons. The third-order valence-electron chi connectivity index (χ3n) is 1.40. The van der Waals surface area contributed by atoms with E-state index in [0.717, 1.165) is 6.07 Å². The molecule has 0 radical (unpaired) electrons. The number of pyridine rings is 1. The Kier molecular flexibility index (Phi) is 3.64. The van der Waals surface area contributed by atoms with Gasteiger partial charge >= 0.3 is 0 Å². The lowest BCUT2D eigenvalue weighted by molar-refractivity contribution is 0.145. The number of sulfonamides is 1. The Morgan fingerprint density at radius 3 is 2.47 bits per heavy atom. The number of aromatic nitrogens is 1. The van der Waals surface area contributed by atoms with Gasteiger partial charge in [0.1, 0.15) is 5.69 Å². The molecule has 4 nitrogen and oxygen atoms in total. The predicted octanol–water partition coefficient (Wildman–Crippen LogP) is 2.08. The van der Waals surface area contributed by atoms with Crippen molar-refractivity contribution < 1.29 is 17.2 Å². The van der Waals surface area contributed by atoms with Gasteiger partial charge in [-0.15, -0.1) is 0 Å². The van der Waals surface area contributed by atoms with Gasteiger partial charge in [0, 0.05) is 0 Å². The molecule has 0 unspecified atom stereocenters. The molecule has 0 aliphatic heterocycles. The number of rotatable bonds is 2. The number of hydrogen-bond donors (Lipinski definition) is 1. The van der Waals surface area contributed by atoms with Crippen molar-refractivity contribution in [2.45, 2.75) is 11.5 Å². The second kappa shape index (κ2) is 4.28. The first-order valence-corrected chi connectivity index (χ1v) is 6.12. The molecule has 0 spiro atoms. The fourth-order valence-corrected chi connectivity index (χ4v) is 2.73. The molecule has 1 aromatic heterocycles. The van der Waals surface area contributed by atoms with Crippen LogP contribution in [0, 0.1) is 0 Å². The Balaban J connectivity index is 3.50. The Morgan fingerprint density at radius 2 is 2.07 bits per heavy atom. The zero-order valence-corrected chi connectivity index (χ0v) is 10.1. The second-order valence-corrected chi connectivity index (χ2v) is 5.23. The molecular formula is C6H4BrClF2N2O2S. The molecule has 0 atom stereocenters. The zero-order valence-electron chi connectivity index (χ0n) is 6.92. The maximum atomic E-state index is 12.3. The molecule has 0 aromatic carbocycles. The summed E-state index contributed by atoms with van der Waals surface area (Å²) in [4.78, 5) is 3.20. The van der Waals surface area contributed by atoms with E-state index < -0.39 is 27.2 Å². The number of alkyl halides is 2. The molecule has 0 aliphatic carbocycles. The summed E-state index contributed by atoms with van der Waals surface area (Å²) in [6.45, 7) is 0. The molecule has 0 fully saturated rings. The van der Waals surface area contributed by atoms with Crippen LogP contribution < -0.4 is 5.14 Å². The van der Waals surface area contributed by atoms with Gasteiger partial charge in [0.15, 0.2) is 5.03 Å². The minimum absolute atomic E-state index is 0.0561. The minimum atomic E-state index is -4.16. The smallest absolute Gasteiger partial charge is 0.231 e. The van der Waals surface area contributed by atoms with Crippen LogP contribution in [0.3, 0.4) is 0 Å². The SMILES string of the molecule is NS(=O)(=O)c1nc(C(F)F)c(Cl)cc1Br. The van der Waals surface area contributed by atoms with Gasteiger partial charge < -0.3 is 0 Å². The van der Waals surface area contributed by atoms with Crippen LogP contribution in [0.2, 0.25) is 5.02 Å². The number of nitrogens with zero attached hydrogens (tertiary/aromatic N) is 1. The lowest BCUT2D eigenvalue weighted by Gasteiger charge is -2.06. The van der Waals surface area contributed by atoms with E-state index in [2.05, 4.69) is 20.9 Å². The quantitative estimate of drug-likeness (QED) is 0.906. The van der Waals surface area contributed by atoms with E-state index in [9.17, 15) is 17.2 Å².